The number of carbonyl (C=O) groups excluding carboxylic acids is 1. The lowest BCUT2D eigenvalue weighted by atomic mass is 10.2. The number of amides is 1. The molecule has 1 fully saturated rings. The summed E-state index contributed by atoms with van der Waals surface area (Å²) in [6, 6.07) is 9.76. The number of anilines is 1. The Morgan fingerprint density at radius 2 is 1.92 bits per heavy atom. The average Bonchev–Trinajstić information content (AvgIpc) is 2.69. The van der Waals surface area contributed by atoms with E-state index in [9.17, 15) is 9.18 Å². The first-order valence-corrected chi connectivity index (χ1v) is 8.39. The maximum absolute atomic E-state index is 13.0. The van der Waals surface area contributed by atoms with Crippen LogP contribution in [0.1, 0.15) is 5.56 Å². The van der Waals surface area contributed by atoms with Gasteiger partial charge in [-0.1, -0.05) is 12.1 Å². The van der Waals surface area contributed by atoms with Crippen molar-refractivity contribution in [3.8, 4) is 5.88 Å². The summed E-state index contributed by atoms with van der Waals surface area (Å²) < 4.78 is 23.6. The third-order valence-corrected chi connectivity index (χ3v) is 4.06. The zero-order valence-corrected chi connectivity index (χ0v) is 14.6. The summed E-state index contributed by atoms with van der Waals surface area (Å²) in [4.78, 5) is 15.6. The molecule has 0 spiro atoms. The topological polar surface area (TPSA) is 67.8 Å². The van der Waals surface area contributed by atoms with E-state index in [0.29, 0.717) is 44.5 Å². The van der Waals surface area contributed by atoms with Gasteiger partial charge in [-0.2, -0.15) is 0 Å². The van der Waals surface area contributed by atoms with Crippen molar-refractivity contribution in [3.05, 3.63) is 47.8 Å². The van der Waals surface area contributed by atoms with Gasteiger partial charge in [0, 0.05) is 32.7 Å². The molecular weight excluding hydrogens is 339 g/mol. The predicted molar refractivity (Wildman–Crippen MR) is 93.4 cm³/mol. The van der Waals surface area contributed by atoms with Gasteiger partial charge in [0.15, 0.2) is 12.4 Å². The van der Waals surface area contributed by atoms with Crippen LogP contribution in [0.5, 0.6) is 5.88 Å². The molecule has 0 unspecified atom stereocenters. The molecule has 0 N–H and O–H groups in total. The Morgan fingerprint density at radius 1 is 1.19 bits per heavy atom. The number of hydrogen-bond donors (Lipinski definition) is 0. The van der Waals surface area contributed by atoms with Crippen LogP contribution >= 0.6 is 0 Å². The smallest absolute Gasteiger partial charge is 0.260 e. The minimum Gasteiger partial charge on any atom is -0.466 e. The number of benzene rings is 1. The van der Waals surface area contributed by atoms with Crippen LogP contribution in [-0.4, -0.2) is 61.0 Å². The molecule has 3 rings (SSSR count). The highest BCUT2D eigenvalue weighted by molar-refractivity contribution is 5.77. The van der Waals surface area contributed by atoms with E-state index in [0.717, 1.165) is 5.56 Å². The van der Waals surface area contributed by atoms with Crippen molar-refractivity contribution >= 4 is 11.7 Å². The normalized spacial score (nSPS) is 14.2. The molecule has 1 aliphatic heterocycles. The van der Waals surface area contributed by atoms with E-state index in [1.807, 2.05) is 11.9 Å². The number of nitrogens with zero attached hydrogens (tertiary/aromatic N) is 4. The van der Waals surface area contributed by atoms with E-state index in [1.54, 1.807) is 29.2 Å². The largest absolute Gasteiger partial charge is 0.466 e. The molecule has 0 radical (unpaired) electrons. The monoisotopic (exact) mass is 360 g/mol. The molecule has 0 bridgehead atoms. The number of aromatic nitrogens is 2. The Morgan fingerprint density at radius 3 is 2.58 bits per heavy atom. The first-order chi connectivity index (χ1) is 12.6. The molecule has 1 aliphatic rings. The summed E-state index contributed by atoms with van der Waals surface area (Å²) in [6.07, 6.45) is 0. The van der Waals surface area contributed by atoms with Crippen LogP contribution in [0, 0.1) is 5.82 Å². The second kappa shape index (κ2) is 8.57. The van der Waals surface area contributed by atoms with E-state index < -0.39 is 0 Å². The Kier molecular flexibility index (Phi) is 5.96. The van der Waals surface area contributed by atoms with Gasteiger partial charge in [0.2, 0.25) is 5.88 Å². The highest BCUT2D eigenvalue weighted by atomic mass is 19.1. The van der Waals surface area contributed by atoms with E-state index in [2.05, 4.69) is 10.2 Å². The molecule has 1 aromatic heterocycles. The molecule has 26 heavy (non-hydrogen) atoms. The SMILES string of the molecule is CN(Cc1ccc(F)cc1)c1ccc(OCC(=O)N2CCOCC2)nn1. The third kappa shape index (κ3) is 4.89. The zero-order valence-electron chi connectivity index (χ0n) is 14.6. The van der Waals surface area contributed by atoms with Crippen LogP contribution in [0.2, 0.25) is 0 Å². The van der Waals surface area contributed by atoms with Gasteiger partial charge in [-0.05, 0) is 23.8 Å². The standard InChI is InChI=1S/C18H21FN4O3/c1-22(12-14-2-4-15(19)5-3-14)16-6-7-17(21-20-16)26-13-18(24)23-8-10-25-11-9-23/h2-7H,8-13H2,1H3. The summed E-state index contributed by atoms with van der Waals surface area (Å²) in [6.45, 7) is 2.79. The zero-order chi connectivity index (χ0) is 18.4. The van der Waals surface area contributed by atoms with Crippen LogP contribution in [0.25, 0.3) is 0 Å². The third-order valence-electron chi connectivity index (χ3n) is 4.06. The number of ether oxygens (including phenoxy) is 2. The summed E-state index contributed by atoms with van der Waals surface area (Å²) >= 11 is 0. The lowest BCUT2D eigenvalue weighted by Crippen LogP contribution is -2.43. The predicted octanol–water partition coefficient (Wildman–Crippen LogP) is 1.49. The van der Waals surface area contributed by atoms with Crippen molar-refractivity contribution in [3.63, 3.8) is 0 Å². The van der Waals surface area contributed by atoms with E-state index >= 15 is 0 Å². The van der Waals surface area contributed by atoms with Gasteiger partial charge in [-0.15, -0.1) is 10.2 Å². The van der Waals surface area contributed by atoms with E-state index in [1.165, 1.54) is 12.1 Å². The van der Waals surface area contributed by atoms with Gasteiger partial charge in [0.25, 0.3) is 5.91 Å². The van der Waals surface area contributed by atoms with Crippen molar-refractivity contribution in [2.75, 3.05) is 44.9 Å². The molecule has 138 valence electrons. The van der Waals surface area contributed by atoms with Crippen molar-refractivity contribution < 1.29 is 18.7 Å². The Hall–Kier alpha value is -2.74. The maximum atomic E-state index is 13.0. The van der Waals surface area contributed by atoms with Crippen molar-refractivity contribution in [1.82, 2.24) is 15.1 Å². The molecule has 1 saturated heterocycles. The fraction of sp³-hybridized carbons (Fsp3) is 0.389. The molecule has 1 amide bonds. The van der Waals surface area contributed by atoms with Crippen molar-refractivity contribution in [2.45, 2.75) is 6.54 Å². The van der Waals surface area contributed by atoms with Crippen LogP contribution in [-0.2, 0) is 16.1 Å². The van der Waals surface area contributed by atoms with Gasteiger partial charge in [0.1, 0.15) is 5.82 Å². The van der Waals surface area contributed by atoms with Crippen LogP contribution in [0.4, 0.5) is 10.2 Å². The number of morpholine rings is 1. The molecule has 0 saturated carbocycles. The van der Waals surface area contributed by atoms with Crippen LogP contribution in [0.3, 0.4) is 0 Å². The van der Waals surface area contributed by atoms with E-state index in [-0.39, 0.29) is 18.3 Å². The first kappa shape index (κ1) is 18.1. The summed E-state index contributed by atoms with van der Waals surface area (Å²) in [5.41, 5.74) is 0.965. The molecule has 7 nitrogen and oxygen atoms in total. The molecule has 1 aromatic carbocycles. The van der Waals surface area contributed by atoms with Gasteiger partial charge in [0.05, 0.1) is 13.2 Å². The van der Waals surface area contributed by atoms with Crippen LogP contribution in [0.15, 0.2) is 36.4 Å². The number of halogens is 1. The molecule has 0 aliphatic carbocycles. The average molecular weight is 360 g/mol. The first-order valence-electron chi connectivity index (χ1n) is 8.39. The molecule has 8 heteroatoms. The van der Waals surface area contributed by atoms with Gasteiger partial charge < -0.3 is 19.3 Å². The van der Waals surface area contributed by atoms with E-state index in [4.69, 9.17) is 9.47 Å². The van der Waals surface area contributed by atoms with Crippen molar-refractivity contribution in [1.29, 1.82) is 0 Å². The molecule has 2 heterocycles. The number of carbonyl (C=O) groups is 1. The minimum absolute atomic E-state index is 0.0700. The maximum Gasteiger partial charge on any atom is 0.260 e. The van der Waals surface area contributed by atoms with Crippen molar-refractivity contribution in [2.24, 2.45) is 0 Å². The second-order valence-electron chi connectivity index (χ2n) is 5.99. The Bertz CT molecular complexity index is 718. The quantitative estimate of drug-likeness (QED) is 0.778. The summed E-state index contributed by atoms with van der Waals surface area (Å²) in [5.74, 6) is 0.601. The highest BCUT2D eigenvalue weighted by Gasteiger charge is 2.17. The van der Waals surface area contributed by atoms with Gasteiger partial charge in [-0.3, -0.25) is 4.79 Å². The number of hydrogen-bond acceptors (Lipinski definition) is 6. The molecule has 0 atom stereocenters. The summed E-state index contributed by atoms with van der Waals surface area (Å²) in [5, 5.41) is 8.12. The Labute approximate surface area is 151 Å². The van der Waals surface area contributed by atoms with Crippen LogP contribution < -0.4 is 9.64 Å². The second-order valence-corrected chi connectivity index (χ2v) is 5.99. The highest BCUT2D eigenvalue weighted by Crippen LogP contribution is 2.15. The lowest BCUT2D eigenvalue weighted by Gasteiger charge is -2.26. The van der Waals surface area contributed by atoms with Gasteiger partial charge in [-0.25, -0.2) is 4.39 Å². The lowest BCUT2D eigenvalue weighted by molar-refractivity contribution is -0.137. The fourth-order valence-corrected chi connectivity index (χ4v) is 2.58. The van der Waals surface area contributed by atoms with Gasteiger partial charge >= 0.3 is 0 Å². The summed E-state index contributed by atoms with van der Waals surface area (Å²) in [7, 11) is 1.87. The minimum atomic E-state index is -0.260. The number of rotatable bonds is 6. The molecular formula is C18H21FN4O3. The molecule has 2 aromatic rings. The fourth-order valence-electron chi connectivity index (χ4n) is 2.58. The Balaban J connectivity index is 1.50.